The second kappa shape index (κ2) is 8.02. The smallest absolute Gasteiger partial charge is 0.267 e. The maximum atomic E-state index is 13.0. The maximum absolute atomic E-state index is 13.0. The average Bonchev–Trinajstić information content (AvgIpc) is 2.77. The molecule has 0 unspecified atom stereocenters. The number of hydrogen-bond acceptors (Lipinski definition) is 4. The number of pyridine rings is 2. The minimum Gasteiger partial charge on any atom is -0.267 e. The van der Waals surface area contributed by atoms with E-state index in [2.05, 4.69) is 15.5 Å². The lowest BCUT2D eigenvalue weighted by atomic mass is 10.0. The van der Waals surface area contributed by atoms with E-state index in [1.807, 2.05) is 80.6 Å². The Bertz CT molecular complexity index is 1220. The van der Waals surface area contributed by atoms with E-state index in [-0.39, 0.29) is 5.91 Å². The van der Waals surface area contributed by atoms with Crippen LogP contribution in [0.15, 0.2) is 84.2 Å². The van der Waals surface area contributed by atoms with Gasteiger partial charge in [0.15, 0.2) is 0 Å². The van der Waals surface area contributed by atoms with E-state index < -0.39 is 0 Å². The molecular weight excluding hydrogens is 360 g/mol. The van der Waals surface area contributed by atoms with E-state index in [0.717, 1.165) is 33.3 Å². The standard InChI is InChI=1S/C24H20N4O/c1-16-8-3-4-10-19(16)23-14-21(20-11-5-6-12-22(20)26-23)24(29)28-27-17(2)18-9-7-13-25-15-18/h3-15H,1-2H3,(H,28,29). The van der Waals surface area contributed by atoms with Crippen LogP contribution >= 0.6 is 0 Å². The fourth-order valence-corrected chi connectivity index (χ4v) is 3.20. The summed E-state index contributed by atoms with van der Waals surface area (Å²) in [7, 11) is 0. The van der Waals surface area contributed by atoms with Crippen LogP contribution in [0.5, 0.6) is 0 Å². The lowest BCUT2D eigenvalue weighted by molar-refractivity contribution is 0.0956. The fraction of sp³-hybridized carbons (Fsp3) is 0.0833. The molecule has 29 heavy (non-hydrogen) atoms. The van der Waals surface area contributed by atoms with E-state index in [9.17, 15) is 4.79 Å². The third kappa shape index (κ3) is 3.89. The molecule has 0 aliphatic carbocycles. The number of amides is 1. The van der Waals surface area contributed by atoms with Gasteiger partial charge in [0.1, 0.15) is 0 Å². The Hall–Kier alpha value is -3.86. The number of hydrazone groups is 1. The molecule has 1 N–H and O–H groups in total. The number of nitrogens with zero attached hydrogens (tertiary/aromatic N) is 3. The summed E-state index contributed by atoms with van der Waals surface area (Å²) in [6.45, 7) is 3.87. The Labute approximate surface area is 169 Å². The molecule has 1 amide bonds. The van der Waals surface area contributed by atoms with E-state index >= 15 is 0 Å². The predicted octanol–water partition coefficient (Wildman–Crippen LogP) is 4.76. The molecule has 5 heteroatoms. The van der Waals surface area contributed by atoms with Gasteiger partial charge in [0, 0.05) is 28.9 Å². The van der Waals surface area contributed by atoms with Crippen LogP contribution in [0.3, 0.4) is 0 Å². The third-order valence-corrected chi connectivity index (χ3v) is 4.79. The fourth-order valence-electron chi connectivity index (χ4n) is 3.20. The number of aryl methyl sites for hydroxylation is 1. The topological polar surface area (TPSA) is 67.2 Å². The van der Waals surface area contributed by atoms with Gasteiger partial charge < -0.3 is 0 Å². The minimum absolute atomic E-state index is 0.276. The van der Waals surface area contributed by atoms with Crippen LogP contribution in [0, 0.1) is 6.92 Å². The van der Waals surface area contributed by atoms with Crippen LogP contribution in [-0.2, 0) is 0 Å². The minimum atomic E-state index is -0.276. The number of aromatic nitrogens is 2. The molecule has 0 aliphatic rings. The highest BCUT2D eigenvalue weighted by atomic mass is 16.2. The van der Waals surface area contributed by atoms with E-state index in [0.29, 0.717) is 11.3 Å². The third-order valence-electron chi connectivity index (χ3n) is 4.79. The molecule has 2 aromatic heterocycles. The molecule has 0 radical (unpaired) electrons. The monoisotopic (exact) mass is 380 g/mol. The highest BCUT2D eigenvalue weighted by Crippen LogP contribution is 2.27. The highest BCUT2D eigenvalue weighted by molar-refractivity contribution is 6.08. The van der Waals surface area contributed by atoms with Crippen molar-refractivity contribution in [1.29, 1.82) is 0 Å². The molecule has 0 bridgehead atoms. The summed E-state index contributed by atoms with van der Waals surface area (Å²) in [5.41, 5.74) is 8.39. The molecule has 5 nitrogen and oxygen atoms in total. The first-order valence-electron chi connectivity index (χ1n) is 9.34. The molecule has 0 atom stereocenters. The number of rotatable bonds is 4. The van der Waals surface area contributed by atoms with Gasteiger partial charge in [0.05, 0.1) is 22.5 Å². The number of fused-ring (bicyclic) bond motifs is 1. The Morgan fingerprint density at radius 3 is 2.59 bits per heavy atom. The average molecular weight is 380 g/mol. The number of para-hydroxylation sites is 1. The summed E-state index contributed by atoms with van der Waals surface area (Å²) in [4.78, 5) is 21.9. The van der Waals surface area contributed by atoms with Crippen LogP contribution in [0.4, 0.5) is 0 Å². The first-order valence-corrected chi connectivity index (χ1v) is 9.34. The van der Waals surface area contributed by atoms with Crippen LogP contribution in [0.1, 0.15) is 28.4 Å². The summed E-state index contributed by atoms with van der Waals surface area (Å²) in [6, 6.07) is 21.2. The zero-order chi connectivity index (χ0) is 20.2. The van der Waals surface area contributed by atoms with Crippen molar-refractivity contribution >= 4 is 22.5 Å². The summed E-state index contributed by atoms with van der Waals surface area (Å²) in [5, 5.41) is 5.04. The largest absolute Gasteiger partial charge is 0.272 e. The van der Waals surface area contributed by atoms with Gasteiger partial charge in [0.2, 0.25) is 0 Å². The molecule has 2 aromatic carbocycles. The van der Waals surface area contributed by atoms with Crippen molar-refractivity contribution in [3.63, 3.8) is 0 Å². The first-order chi connectivity index (χ1) is 14.1. The molecule has 0 saturated heterocycles. The van der Waals surface area contributed by atoms with Crippen LogP contribution in [-0.4, -0.2) is 21.6 Å². The van der Waals surface area contributed by atoms with Crippen molar-refractivity contribution in [2.75, 3.05) is 0 Å². The molecule has 4 rings (SSSR count). The Morgan fingerprint density at radius 2 is 1.79 bits per heavy atom. The van der Waals surface area contributed by atoms with Gasteiger partial charge in [-0.3, -0.25) is 9.78 Å². The maximum Gasteiger partial charge on any atom is 0.272 e. The van der Waals surface area contributed by atoms with Crippen molar-refractivity contribution in [2.45, 2.75) is 13.8 Å². The zero-order valence-corrected chi connectivity index (χ0v) is 16.3. The molecule has 4 aromatic rings. The zero-order valence-electron chi connectivity index (χ0n) is 16.3. The molecular formula is C24H20N4O. The Balaban J connectivity index is 1.74. The van der Waals surface area contributed by atoms with Gasteiger partial charge in [0.25, 0.3) is 5.91 Å². The normalized spacial score (nSPS) is 11.4. The second-order valence-electron chi connectivity index (χ2n) is 6.77. The summed E-state index contributed by atoms with van der Waals surface area (Å²) < 4.78 is 0. The van der Waals surface area contributed by atoms with E-state index in [1.165, 1.54) is 0 Å². The van der Waals surface area contributed by atoms with E-state index in [1.54, 1.807) is 12.4 Å². The first kappa shape index (κ1) is 18.5. The highest BCUT2D eigenvalue weighted by Gasteiger charge is 2.14. The summed E-state index contributed by atoms with van der Waals surface area (Å²) in [5.74, 6) is -0.276. The lowest BCUT2D eigenvalue weighted by Crippen LogP contribution is -2.20. The summed E-state index contributed by atoms with van der Waals surface area (Å²) >= 11 is 0. The number of carbonyl (C=O) groups is 1. The number of carbonyl (C=O) groups excluding carboxylic acids is 1. The van der Waals surface area contributed by atoms with Crippen molar-refractivity contribution < 1.29 is 4.79 Å². The Morgan fingerprint density at radius 1 is 1.00 bits per heavy atom. The second-order valence-corrected chi connectivity index (χ2v) is 6.77. The number of hydrogen-bond donors (Lipinski definition) is 1. The Kier molecular flexibility index (Phi) is 5.12. The van der Waals surface area contributed by atoms with Gasteiger partial charge >= 0.3 is 0 Å². The SMILES string of the molecule is CC(=NNC(=O)c1cc(-c2ccccc2C)nc2ccccc12)c1cccnc1. The lowest BCUT2D eigenvalue weighted by Gasteiger charge is -2.11. The molecule has 0 saturated carbocycles. The van der Waals surface area contributed by atoms with Gasteiger partial charge in [-0.05, 0) is 37.6 Å². The number of nitrogens with one attached hydrogen (secondary N) is 1. The number of benzene rings is 2. The van der Waals surface area contributed by atoms with Crippen LogP contribution < -0.4 is 5.43 Å². The van der Waals surface area contributed by atoms with Gasteiger partial charge in [-0.25, -0.2) is 10.4 Å². The van der Waals surface area contributed by atoms with Crippen molar-refractivity contribution in [2.24, 2.45) is 5.10 Å². The van der Waals surface area contributed by atoms with Crippen LogP contribution in [0.25, 0.3) is 22.2 Å². The van der Waals surface area contributed by atoms with Crippen molar-refractivity contribution in [1.82, 2.24) is 15.4 Å². The molecule has 0 fully saturated rings. The summed E-state index contributed by atoms with van der Waals surface area (Å²) in [6.07, 6.45) is 3.41. The predicted molar refractivity (Wildman–Crippen MR) is 116 cm³/mol. The van der Waals surface area contributed by atoms with Crippen LogP contribution in [0.2, 0.25) is 0 Å². The molecule has 142 valence electrons. The van der Waals surface area contributed by atoms with Gasteiger partial charge in [-0.15, -0.1) is 0 Å². The quantitative estimate of drug-likeness (QED) is 0.410. The van der Waals surface area contributed by atoms with Crippen molar-refractivity contribution in [3.8, 4) is 11.3 Å². The molecule has 2 heterocycles. The van der Waals surface area contributed by atoms with E-state index in [4.69, 9.17) is 4.98 Å². The van der Waals surface area contributed by atoms with Crippen molar-refractivity contribution in [3.05, 3.63) is 95.8 Å². The molecule has 0 spiro atoms. The molecule has 0 aliphatic heterocycles. The van der Waals surface area contributed by atoms with Gasteiger partial charge in [-0.2, -0.15) is 5.10 Å². The van der Waals surface area contributed by atoms with Gasteiger partial charge in [-0.1, -0.05) is 48.5 Å².